The van der Waals surface area contributed by atoms with E-state index in [0.29, 0.717) is 11.4 Å². The van der Waals surface area contributed by atoms with Crippen molar-refractivity contribution in [2.24, 2.45) is 0 Å². The van der Waals surface area contributed by atoms with E-state index in [1.165, 1.54) is 4.90 Å². The molecule has 1 atom stereocenters. The molecule has 1 aliphatic rings. The van der Waals surface area contributed by atoms with Crippen LogP contribution in [0.25, 0.3) is 11.4 Å². The van der Waals surface area contributed by atoms with Crippen molar-refractivity contribution in [3.8, 4) is 11.4 Å². The van der Waals surface area contributed by atoms with E-state index in [9.17, 15) is 13.2 Å². The third-order valence-corrected chi connectivity index (χ3v) is 5.16. The largest absolute Gasteiger partial charge is 0.337 e. The average molecular weight is 343 g/mol. The SMILES string of the molecule is O=C1CC(S(=O)(=O)Cl)CN1Cc1nc(-c2cccnc2)no1. The fourth-order valence-corrected chi connectivity index (χ4v) is 3.23. The second-order valence-corrected chi connectivity index (χ2v) is 7.74. The molecule has 1 fully saturated rings. The Kier molecular flexibility index (Phi) is 3.83. The normalized spacial score (nSPS) is 18.9. The molecule has 116 valence electrons. The summed E-state index contributed by atoms with van der Waals surface area (Å²) in [5, 5.41) is 2.91. The number of amides is 1. The van der Waals surface area contributed by atoms with Gasteiger partial charge in [-0.15, -0.1) is 0 Å². The van der Waals surface area contributed by atoms with Gasteiger partial charge in [0.2, 0.25) is 26.7 Å². The lowest BCUT2D eigenvalue weighted by atomic mass is 10.3. The Morgan fingerprint density at radius 1 is 1.45 bits per heavy atom. The lowest BCUT2D eigenvalue weighted by Crippen LogP contribution is -2.26. The smallest absolute Gasteiger partial charge is 0.246 e. The van der Waals surface area contributed by atoms with Crippen LogP contribution in [0.4, 0.5) is 0 Å². The van der Waals surface area contributed by atoms with Crippen LogP contribution in [-0.2, 0) is 20.4 Å². The van der Waals surface area contributed by atoms with Crippen molar-refractivity contribution in [1.82, 2.24) is 20.0 Å². The summed E-state index contributed by atoms with van der Waals surface area (Å²) in [4.78, 5) is 21.3. The molecule has 1 saturated heterocycles. The Bertz CT molecular complexity index is 792. The molecule has 0 spiro atoms. The molecule has 3 rings (SSSR count). The van der Waals surface area contributed by atoms with Gasteiger partial charge in [0.25, 0.3) is 0 Å². The molecule has 2 aromatic rings. The number of nitrogens with zero attached hydrogens (tertiary/aromatic N) is 4. The monoisotopic (exact) mass is 342 g/mol. The molecule has 22 heavy (non-hydrogen) atoms. The van der Waals surface area contributed by atoms with E-state index in [0.717, 1.165) is 0 Å². The number of likely N-dealkylation sites (tertiary alicyclic amines) is 1. The molecule has 3 heterocycles. The molecule has 0 N–H and O–H groups in total. The predicted octanol–water partition coefficient (Wildman–Crippen LogP) is 0.801. The van der Waals surface area contributed by atoms with Gasteiger partial charge >= 0.3 is 0 Å². The fraction of sp³-hybridized carbons (Fsp3) is 0.333. The molecule has 8 nitrogen and oxygen atoms in total. The van der Waals surface area contributed by atoms with E-state index < -0.39 is 14.3 Å². The molecule has 1 amide bonds. The zero-order chi connectivity index (χ0) is 15.7. The van der Waals surface area contributed by atoms with Crippen molar-refractivity contribution >= 4 is 25.6 Å². The average Bonchev–Trinajstić information content (AvgIpc) is 3.08. The van der Waals surface area contributed by atoms with Gasteiger partial charge in [-0.3, -0.25) is 9.78 Å². The van der Waals surface area contributed by atoms with Crippen LogP contribution in [-0.4, -0.2) is 46.1 Å². The molecular weight excluding hydrogens is 332 g/mol. The quantitative estimate of drug-likeness (QED) is 0.756. The zero-order valence-corrected chi connectivity index (χ0v) is 12.8. The highest BCUT2D eigenvalue weighted by Crippen LogP contribution is 2.23. The number of halogens is 1. The number of rotatable bonds is 4. The van der Waals surface area contributed by atoms with Crippen LogP contribution in [0.5, 0.6) is 0 Å². The van der Waals surface area contributed by atoms with Gasteiger partial charge in [-0.1, -0.05) is 5.16 Å². The summed E-state index contributed by atoms with van der Waals surface area (Å²) in [7, 11) is 1.53. The molecule has 2 aromatic heterocycles. The van der Waals surface area contributed by atoms with Crippen LogP contribution in [0.1, 0.15) is 12.3 Å². The first-order valence-electron chi connectivity index (χ1n) is 6.38. The topological polar surface area (TPSA) is 106 Å². The van der Waals surface area contributed by atoms with Crippen LogP contribution in [0.2, 0.25) is 0 Å². The standard InChI is InChI=1S/C12H11ClN4O4S/c13-22(19,20)9-4-11(18)17(6-9)7-10-15-12(16-21-10)8-2-1-3-14-5-8/h1-3,5,9H,4,6-7H2. The van der Waals surface area contributed by atoms with Crippen LogP contribution in [0.3, 0.4) is 0 Å². The molecule has 1 aliphatic heterocycles. The maximum atomic E-state index is 11.8. The predicted molar refractivity (Wildman–Crippen MR) is 76.1 cm³/mol. The summed E-state index contributed by atoms with van der Waals surface area (Å²) in [6.07, 6.45) is 3.08. The molecule has 1 unspecified atom stereocenters. The van der Waals surface area contributed by atoms with Crippen molar-refractivity contribution in [3.63, 3.8) is 0 Å². The number of hydrogen-bond acceptors (Lipinski definition) is 7. The molecule has 0 aromatic carbocycles. The number of carbonyl (C=O) groups excluding carboxylic acids is 1. The minimum atomic E-state index is -3.76. The summed E-state index contributed by atoms with van der Waals surface area (Å²) in [5.41, 5.74) is 0.687. The molecule has 10 heteroatoms. The second kappa shape index (κ2) is 5.65. The molecule has 0 saturated carbocycles. The van der Waals surface area contributed by atoms with Gasteiger partial charge in [0, 0.05) is 41.6 Å². The van der Waals surface area contributed by atoms with Crippen LogP contribution >= 0.6 is 10.7 Å². The van der Waals surface area contributed by atoms with Crippen molar-refractivity contribution in [2.45, 2.75) is 18.2 Å². The molecular formula is C12H11ClN4O4S. The van der Waals surface area contributed by atoms with Crippen LogP contribution in [0.15, 0.2) is 29.0 Å². The van der Waals surface area contributed by atoms with Gasteiger partial charge in [0.05, 0.1) is 0 Å². The minimum absolute atomic E-state index is 0.0231. The Balaban J connectivity index is 1.72. The number of aromatic nitrogens is 3. The minimum Gasteiger partial charge on any atom is -0.337 e. The maximum Gasteiger partial charge on any atom is 0.246 e. The molecule has 0 bridgehead atoms. The highest BCUT2D eigenvalue weighted by atomic mass is 35.7. The Labute approximate surface area is 130 Å². The van der Waals surface area contributed by atoms with Gasteiger partial charge in [0.1, 0.15) is 11.8 Å². The highest BCUT2D eigenvalue weighted by molar-refractivity contribution is 8.14. The lowest BCUT2D eigenvalue weighted by Gasteiger charge is -2.12. The first-order valence-corrected chi connectivity index (χ1v) is 8.75. The third-order valence-electron chi connectivity index (χ3n) is 3.29. The molecule has 0 radical (unpaired) electrons. The highest BCUT2D eigenvalue weighted by Gasteiger charge is 2.37. The summed E-state index contributed by atoms with van der Waals surface area (Å²) in [5.74, 6) is 0.270. The van der Waals surface area contributed by atoms with Crippen molar-refractivity contribution in [1.29, 1.82) is 0 Å². The van der Waals surface area contributed by atoms with Crippen molar-refractivity contribution in [2.75, 3.05) is 6.54 Å². The van der Waals surface area contributed by atoms with Gasteiger partial charge < -0.3 is 9.42 Å². The Morgan fingerprint density at radius 2 is 2.27 bits per heavy atom. The van der Waals surface area contributed by atoms with Crippen LogP contribution in [0, 0.1) is 0 Å². The Morgan fingerprint density at radius 3 is 2.91 bits per heavy atom. The first-order chi connectivity index (χ1) is 10.4. The Hall–Kier alpha value is -2.00. The zero-order valence-electron chi connectivity index (χ0n) is 11.2. The summed E-state index contributed by atoms with van der Waals surface area (Å²) >= 11 is 0. The summed E-state index contributed by atoms with van der Waals surface area (Å²) in [6, 6.07) is 3.52. The maximum absolute atomic E-state index is 11.8. The van der Waals surface area contributed by atoms with Crippen molar-refractivity contribution < 1.29 is 17.7 Å². The lowest BCUT2D eigenvalue weighted by molar-refractivity contribution is -0.128. The van der Waals surface area contributed by atoms with Gasteiger partial charge in [-0.2, -0.15) is 4.98 Å². The van der Waals surface area contributed by atoms with E-state index >= 15 is 0 Å². The summed E-state index contributed by atoms with van der Waals surface area (Å²) in [6.45, 7) is 0.0737. The summed E-state index contributed by atoms with van der Waals surface area (Å²) < 4.78 is 27.7. The van der Waals surface area contributed by atoms with Gasteiger partial charge in [-0.05, 0) is 12.1 Å². The molecule has 0 aliphatic carbocycles. The van der Waals surface area contributed by atoms with E-state index in [1.807, 2.05) is 0 Å². The second-order valence-electron chi connectivity index (χ2n) is 4.83. The van der Waals surface area contributed by atoms with E-state index in [4.69, 9.17) is 15.2 Å². The number of carbonyl (C=O) groups is 1. The van der Waals surface area contributed by atoms with E-state index in [2.05, 4.69) is 15.1 Å². The van der Waals surface area contributed by atoms with Crippen molar-refractivity contribution in [3.05, 3.63) is 30.4 Å². The van der Waals surface area contributed by atoms with E-state index in [1.54, 1.807) is 24.5 Å². The van der Waals surface area contributed by atoms with Crippen LogP contribution < -0.4 is 0 Å². The first kappa shape index (κ1) is 14.9. The number of pyridine rings is 1. The van der Waals surface area contributed by atoms with Gasteiger partial charge in [-0.25, -0.2) is 8.42 Å². The fourth-order valence-electron chi connectivity index (χ4n) is 2.17. The van der Waals surface area contributed by atoms with E-state index in [-0.39, 0.29) is 31.3 Å². The number of hydrogen-bond donors (Lipinski definition) is 0. The third kappa shape index (κ3) is 3.09. The van der Waals surface area contributed by atoms with Gasteiger partial charge in [0.15, 0.2) is 0 Å².